The van der Waals surface area contributed by atoms with E-state index < -0.39 is 5.92 Å². The van der Waals surface area contributed by atoms with Crippen LogP contribution < -0.4 is 5.32 Å². The number of nitrogens with zero attached hydrogens (tertiary/aromatic N) is 2. The van der Waals surface area contributed by atoms with Crippen LogP contribution in [0.5, 0.6) is 0 Å². The van der Waals surface area contributed by atoms with Crippen LogP contribution in [-0.2, 0) is 6.42 Å². The molecular weight excluding hydrogens is 228 g/mol. The van der Waals surface area contributed by atoms with Crippen LogP contribution in [0.25, 0.3) is 0 Å². The van der Waals surface area contributed by atoms with E-state index in [1.807, 2.05) is 7.05 Å². The van der Waals surface area contributed by atoms with Gasteiger partial charge in [0.05, 0.1) is 0 Å². The number of rotatable bonds is 4. The van der Waals surface area contributed by atoms with E-state index in [2.05, 4.69) is 15.5 Å². The van der Waals surface area contributed by atoms with Gasteiger partial charge in [-0.1, -0.05) is 5.16 Å². The van der Waals surface area contributed by atoms with Gasteiger partial charge in [0.1, 0.15) is 0 Å². The molecule has 0 saturated heterocycles. The Kier molecular flexibility index (Phi) is 3.71. The lowest BCUT2D eigenvalue weighted by molar-refractivity contribution is -0.0418. The van der Waals surface area contributed by atoms with Crippen molar-refractivity contribution in [3.8, 4) is 0 Å². The van der Waals surface area contributed by atoms with Gasteiger partial charge in [-0.2, -0.15) is 4.98 Å². The Morgan fingerprint density at radius 3 is 3.06 bits per heavy atom. The predicted molar refractivity (Wildman–Crippen MR) is 58.1 cm³/mol. The van der Waals surface area contributed by atoms with Crippen molar-refractivity contribution >= 4 is 0 Å². The molecule has 1 aliphatic rings. The van der Waals surface area contributed by atoms with Crippen molar-refractivity contribution in [1.29, 1.82) is 0 Å². The fraction of sp³-hybridized carbons (Fsp3) is 0.818. The summed E-state index contributed by atoms with van der Waals surface area (Å²) in [5.74, 6) is -1.88. The summed E-state index contributed by atoms with van der Waals surface area (Å²) in [6.45, 7) is 0.739. The van der Waals surface area contributed by atoms with E-state index >= 15 is 0 Å². The number of hydrogen-bond acceptors (Lipinski definition) is 4. The highest BCUT2D eigenvalue weighted by Gasteiger charge is 2.38. The van der Waals surface area contributed by atoms with Gasteiger partial charge < -0.3 is 9.84 Å². The minimum atomic E-state index is -2.57. The molecule has 0 radical (unpaired) electrons. The van der Waals surface area contributed by atoms with E-state index in [0.717, 1.165) is 13.0 Å². The third kappa shape index (κ3) is 3.21. The van der Waals surface area contributed by atoms with E-state index in [0.29, 0.717) is 24.6 Å². The van der Waals surface area contributed by atoms with Crippen molar-refractivity contribution in [2.45, 2.75) is 43.9 Å². The molecule has 0 spiro atoms. The molecule has 1 unspecified atom stereocenters. The monoisotopic (exact) mass is 245 g/mol. The summed E-state index contributed by atoms with van der Waals surface area (Å²) in [7, 11) is 1.83. The van der Waals surface area contributed by atoms with Crippen LogP contribution in [0, 0.1) is 0 Å². The quantitative estimate of drug-likeness (QED) is 0.882. The van der Waals surface area contributed by atoms with Crippen LogP contribution in [0.2, 0.25) is 0 Å². The average molecular weight is 245 g/mol. The van der Waals surface area contributed by atoms with E-state index in [9.17, 15) is 8.78 Å². The fourth-order valence-electron chi connectivity index (χ4n) is 2.16. The van der Waals surface area contributed by atoms with Crippen LogP contribution in [0.4, 0.5) is 8.78 Å². The van der Waals surface area contributed by atoms with E-state index in [4.69, 9.17) is 4.52 Å². The van der Waals surface area contributed by atoms with Crippen molar-refractivity contribution in [3.05, 3.63) is 11.7 Å². The van der Waals surface area contributed by atoms with Crippen LogP contribution >= 0.6 is 0 Å². The highest BCUT2D eigenvalue weighted by molar-refractivity contribution is 5.00. The largest absolute Gasteiger partial charge is 0.339 e. The number of alkyl halides is 2. The lowest BCUT2D eigenvalue weighted by Gasteiger charge is -2.26. The van der Waals surface area contributed by atoms with Gasteiger partial charge in [-0.05, 0) is 19.9 Å². The Balaban J connectivity index is 1.99. The molecule has 17 heavy (non-hydrogen) atoms. The second-order valence-electron chi connectivity index (χ2n) is 4.55. The molecular formula is C11H17F2N3O. The topological polar surface area (TPSA) is 51.0 Å². The number of hydrogen-bond donors (Lipinski definition) is 1. The second-order valence-corrected chi connectivity index (χ2v) is 4.55. The van der Waals surface area contributed by atoms with Gasteiger partial charge in [0.15, 0.2) is 5.82 Å². The van der Waals surface area contributed by atoms with Crippen molar-refractivity contribution in [2.75, 3.05) is 13.6 Å². The molecule has 1 atom stereocenters. The van der Waals surface area contributed by atoms with Crippen molar-refractivity contribution in [3.63, 3.8) is 0 Å². The molecule has 1 heterocycles. The van der Waals surface area contributed by atoms with Gasteiger partial charge in [-0.3, -0.25) is 0 Å². The molecule has 1 saturated carbocycles. The zero-order chi connectivity index (χ0) is 12.3. The van der Waals surface area contributed by atoms with Gasteiger partial charge in [0.25, 0.3) is 0 Å². The zero-order valence-electron chi connectivity index (χ0n) is 9.88. The molecule has 1 aliphatic carbocycles. The number of halogens is 2. The van der Waals surface area contributed by atoms with Crippen molar-refractivity contribution < 1.29 is 13.3 Å². The molecule has 6 heteroatoms. The normalized spacial score (nSPS) is 23.8. The van der Waals surface area contributed by atoms with Crippen LogP contribution in [-0.4, -0.2) is 29.7 Å². The maximum absolute atomic E-state index is 13.3. The molecule has 1 N–H and O–H groups in total. The molecule has 0 amide bonds. The average Bonchev–Trinajstić information content (AvgIpc) is 2.73. The number of aromatic nitrogens is 2. The Hall–Kier alpha value is -1.04. The highest BCUT2D eigenvalue weighted by atomic mass is 19.3. The molecule has 0 aromatic carbocycles. The Morgan fingerprint density at radius 2 is 2.35 bits per heavy atom. The summed E-state index contributed by atoms with van der Waals surface area (Å²) in [6.07, 6.45) is 1.71. The molecule has 1 aromatic heterocycles. The van der Waals surface area contributed by atoms with E-state index in [1.54, 1.807) is 0 Å². The number of likely N-dealkylation sites (N-methyl/N-ethyl adjacent to an activating group) is 1. The van der Waals surface area contributed by atoms with Crippen molar-refractivity contribution in [1.82, 2.24) is 15.5 Å². The predicted octanol–water partition coefficient (Wildman–Crippen LogP) is 2.12. The molecule has 1 aromatic rings. The van der Waals surface area contributed by atoms with Crippen molar-refractivity contribution in [2.24, 2.45) is 0 Å². The van der Waals surface area contributed by atoms with E-state index in [-0.39, 0.29) is 18.8 Å². The summed E-state index contributed by atoms with van der Waals surface area (Å²) >= 11 is 0. The summed E-state index contributed by atoms with van der Waals surface area (Å²) in [5.41, 5.74) is 0. The Morgan fingerprint density at radius 1 is 1.53 bits per heavy atom. The smallest absolute Gasteiger partial charge is 0.248 e. The third-order valence-electron chi connectivity index (χ3n) is 3.08. The first-order chi connectivity index (χ1) is 8.11. The van der Waals surface area contributed by atoms with E-state index in [1.165, 1.54) is 0 Å². The molecule has 2 rings (SSSR count). The lowest BCUT2D eigenvalue weighted by atomic mass is 9.86. The van der Waals surface area contributed by atoms with Gasteiger partial charge >= 0.3 is 0 Å². The lowest BCUT2D eigenvalue weighted by Crippen LogP contribution is -2.25. The first kappa shape index (κ1) is 12.4. The first-order valence-corrected chi connectivity index (χ1v) is 5.95. The molecule has 0 aliphatic heterocycles. The first-order valence-electron chi connectivity index (χ1n) is 5.95. The molecule has 96 valence electrons. The molecule has 1 fully saturated rings. The zero-order valence-corrected chi connectivity index (χ0v) is 9.88. The third-order valence-corrected chi connectivity index (χ3v) is 3.08. The second kappa shape index (κ2) is 5.08. The molecule has 0 bridgehead atoms. The summed E-state index contributed by atoms with van der Waals surface area (Å²) in [6, 6.07) is 0. The standard InChI is InChI=1S/C11H17F2N3O/c1-14-6-4-9-15-10(16-17-9)8-3-2-5-11(12,13)7-8/h8,14H,2-7H2,1H3. The fourth-order valence-corrected chi connectivity index (χ4v) is 2.16. The van der Waals surface area contributed by atoms with Crippen LogP contribution in [0.1, 0.15) is 43.3 Å². The van der Waals surface area contributed by atoms with Crippen LogP contribution in [0.15, 0.2) is 4.52 Å². The summed E-state index contributed by atoms with van der Waals surface area (Å²) in [4.78, 5) is 4.19. The Bertz CT molecular complexity index is 367. The van der Waals surface area contributed by atoms with Gasteiger partial charge in [-0.15, -0.1) is 0 Å². The van der Waals surface area contributed by atoms with Gasteiger partial charge in [0, 0.05) is 31.7 Å². The maximum atomic E-state index is 13.3. The summed E-state index contributed by atoms with van der Waals surface area (Å²) < 4.78 is 31.5. The van der Waals surface area contributed by atoms with Gasteiger partial charge in [-0.25, -0.2) is 8.78 Å². The Labute approximate surface area is 98.8 Å². The highest BCUT2D eigenvalue weighted by Crippen LogP contribution is 2.40. The maximum Gasteiger partial charge on any atom is 0.248 e. The number of nitrogens with one attached hydrogen (secondary N) is 1. The SMILES string of the molecule is CNCCc1nc(C2CCCC(F)(F)C2)no1. The minimum Gasteiger partial charge on any atom is -0.339 e. The van der Waals surface area contributed by atoms with Gasteiger partial charge in [0.2, 0.25) is 11.8 Å². The minimum absolute atomic E-state index is 0.0199. The summed E-state index contributed by atoms with van der Waals surface area (Å²) in [5, 5.41) is 6.78. The van der Waals surface area contributed by atoms with Crippen LogP contribution in [0.3, 0.4) is 0 Å². The molecule has 4 nitrogen and oxygen atoms in total.